The van der Waals surface area contributed by atoms with Crippen LogP contribution in [0.2, 0.25) is 0 Å². The topological polar surface area (TPSA) is 104 Å². The van der Waals surface area contributed by atoms with E-state index in [0.717, 1.165) is 19.6 Å². The van der Waals surface area contributed by atoms with Gasteiger partial charge in [0.1, 0.15) is 6.33 Å². The highest BCUT2D eigenvalue weighted by Gasteiger charge is 2.46. The Balaban J connectivity index is 1.59. The van der Waals surface area contributed by atoms with Crippen molar-refractivity contribution in [2.75, 3.05) is 31.1 Å². The van der Waals surface area contributed by atoms with E-state index in [1.165, 1.54) is 16.9 Å². The third-order valence-electron chi connectivity index (χ3n) is 5.19. The molecule has 9 nitrogen and oxygen atoms in total. The van der Waals surface area contributed by atoms with Gasteiger partial charge in [-0.3, -0.25) is 19.7 Å². The second kappa shape index (κ2) is 6.43. The molecule has 10 heteroatoms. The van der Waals surface area contributed by atoms with Crippen molar-refractivity contribution in [2.24, 2.45) is 5.92 Å². The first kappa shape index (κ1) is 17.6. The van der Waals surface area contributed by atoms with Gasteiger partial charge in [0, 0.05) is 44.3 Å². The molecule has 0 aromatic carbocycles. The van der Waals surface area contributed by atoms with Gasteiger partial charge in [-0.15, -0.1) is 0 Å². The number of aromatic nitrogens is 4. The van der Waals surface area contributed by atoms with E-state index < -0.39 is 9.84 Å². The number of fused-ring (bicyclic) bond motifs is 2. The molecule has 142 valence electrons. The van der Waals surface area contributed by atoms with E-state index in [-0.39, 0.29) is 29.1 Å². The van der Waals surface area contributed by atoms with Gasteiger partial charge < -0.3 is 0 Å². The number of sulfone groups is 1. The lowest BCUT2D eigenvalue weighted by atomic mass is 10.0. The number of hydrogen-bond acceptors (Lipinski definition) is 7. The van der Waals surface area contributed by atoms with Crippen LogP contribution in [-0.2, 0) is 16.4 Å². The summed E-state index contributed by atoms with van der Waals surface area (Å²) in [6.45, 7) is 7.28. The van der Waals surface area contributed by atoms with E-state index in [4.69, 9.17) is 0 Å². The molecule has 2 fully saturated rings. The second-order valence-electron chi connectivity index (χ2n) is 7.68. The molecule has 2 aromatic heterocycles. The maximum atomic E-state index is 12.3. The van der Waals surface area contributed by atoms with Crippen LogP contribution in [-0.4, -0.2) is 81.0 Å². The molecule has 26 heavy (non-hydrogen) atoms. The Morgan fingerprint density at radius 1 is 1.23 bits per heavy atom. The number of hydrogen-bond donors (Lipinski definition) is 1. The summed E-state index contributed by atoms with van der Waals surface area (Å²) >= 11 is 0. The van der Waals surface area contributed by atoms with Gasteiger partial charge in [-0.25, -0.2) is 18.4 Å². The zero-order chi connectivity index (χ0) is 18.5. The minimum absolute atomic E-state index is 0.0198. The third-order valence-corrected chi connectivity index (χ3v) is 6.89. The normalized spacial score (nSPS) is 26.6. The van der Waals surface area contributed by atoms with Crippen LogP contribution in [0.5, 0.6) is 0 Å². The molecule has 0 radical (unpaired) electrons. The summed E-state index contributed by atoms with van der Waals surface area (Å²) in [5.41, 5.74) is 0.416. The van der Waals surface area contributed by atoms with Gasteiger partial charge in [-0.05, 0) is 5.92 Å². The standard InChI is InChI=1S/C16H24N6O3S/c1-11(2)6-20-3-4-21(14-9-26(24,25)8-13(14)20)7-12-5-15(23)22-16(19-12)17-10-18-22/h5,10-11,13-14H,3-4,6-9H2,1-2H3,(H,17,18,19)/t13-,14+/m0/s1. The number of piperazine rings is 1. The van der Waals surface area contributed by atoms with Crippen LogP contribution >= 0.6 is 0 Å². The lowest BCUT2D eigenvalue weighted by Gasteiger charge is -2.44. The fraction of sp³-hybridized carbons (Fsp3) is 0.688. The lowest BCUT2D eigenvalue weighted by molar-refractivity contribution is 0.0330. The lowest BCUT2D eigenvalue weighted by Crippen LogP contribution is -2.59. The van der Waals surface area contributed by atoms with Gasteiger partial charge in [-0.1, -0.05) is 13.8 Å². The highest BCUT2D eigenvalue weighted by atomic mass is 32.2. The quantitative estimate of drug-likeness (QED) is 0.752. The van der Waals surface area contributed by atoms with Gasteiger partial charge in [0.25, 0.3) is 11.3 Å². The molecule has 0 aliphatic carbocycles. The number of rotatable bonds is 4. The fourth-order valence-corrected chi connectivity index (χ4v) is 6.19. The second-order valence-corrected chi connectivity index (χ2v) is 9.83. The monoisotopic (exact) mass is 380 g/mol. The Labute approximate surface area is 151 Å². The number of nitrogens with one attached hydrogen (secondary N) is 1. The first-order valence-electron chi connectivity index (χ1n) is 8.93. The van der Waals surface area contributed by atoms with Crippen LogP contribution in [0, 0.1) is 5.92 Å². The van der Waals surface area contributed by atoms with Crippen molar-refractivity contribution in [3.63, 3.8) is 0 Å². The maximum absolute atomic E-state index is 12.3. The van der Waals surface area contributed by atoms with Crippen molar-refractivity contribution in [1.82, 2.24) is 29.4 Å². The number of nitrogens with zero attached hydrogens (tertiary/aromatic N) is 5. The van der Waals surface area contributed by atoms with Crippen molar-refractivity contribution in [3.8, 4) is 0 Å². The van der Waals surface area contributed by atoms with Crippen molar-refractivity contribution in [2.45, 2.75) is 32.5 Å². The van der Waals surface area contributed by atoms with Crippen molar-refractivity contribution < 1.29 is 8.42 Å². The molecular formula is C16H24N6O3S. The minimum Gasteiger partial charge on any atom is -0.296 e. The number of aromatic amines is 1. The molecule has 2 aliphatic heterocycles. The van der Waals surface area contributed by atoms with Crippen molar-refractivity contribution in [1.29, 1.82) is 0 Å². The summed E-state index contributed by atoms with van der Waals surface area (Å²) in [7, 11) is -3.04. The molecule has 2 aliphatic rings. The number of H-pyrrole nitrogens is 1. The van der Waals surface area contributed by atoms with Crippen LogP contribution in [0.4, 0.5) is 0 Å². The van der Waals surface area contributed by atoms with Gasteiger partial charge in [-0.2, -0.15) is 4.52 Å². The summed E-state index contributed by atoms with van der Waals surface area (Å²) in [4.78, 5) is 25.1. The van der Waals surface area contributed by atoms with E-state index in [0.29, 0.717) is 23.9 Å². The average Bonchev–Trinajstić information content (AvgIpc) is 3.13. The van der Waals surface area contributed by atoms with E-state index in [2.05, 4.69) is 38.7 Å². The van der Waals surface area contributed by atoms with Gasteiger partial charge in [0.15, 0.2) is 9.84 Å². The third kappa shape index (κ3) is 3.28. The summed E-state index contributed by atoms with van der Waals surface area (Å²) in [6, 6.07) is 1.46. The van der Waals surface area contributed by atoms with E-state index in [1.54, 1.807) is 0 Å². The highest BCUT2D eigenvalue weighted by Crippen LogP contribution is 2.28. The smallest absolute Gasteiger partial charge is 0.274 e. The Bertz CT molecular complexity index is 966. The van der Waals surface area contributed by atoms with Crippen molar-refractivity contribution >= 4 is 15.6 Å². The van der Waals surface area contributed by atoms with E-state index >= 15 is 0 Å². The molecule has 2 saturated heterocycles. The molecule has 0 saturated carbocycles. The Morgan fingerprint density at radius 2 is 1.92 bits per heavy atom. The highest BCUT2D eigenvalue weighted by molar-refractivity contribution is 7.91. The van der Waals surface area contributed by atoms with Crippen LogP contribution in [0.25, 0.3) is 5.78 Å². The van der Waals surface area contributed by atoms with Gasteiger partial charge in [0.2, 0.25) is 0 Å². The largest absolute Gasteiger partial charge is 0.296 e. The molecular weight excluding hydrogens is 356 g/mol. The molecule has 2 atom stereocenters. The molecule has 0 unspecified atom stereocenters. The molecule has 0 spiro atoms. The van der Waals surface area contributed by atoms with Crippen LogP contribution in [0.1, 0.15) is 19.5 Å². The zero-order valence-corrected chi connectivity index (χ0v) is 15.8. The van der Waals surface area contributed by atoms with Crippen molar-refractivity contribution in [3.05, 3.63) is 28.4 Å². The average molecular weight is 380 g/mol. The molecule has 4 heterocycles. The zero-order valence-electron chi connectivity index (χ0n) is 15.0. The van der Waals surface area contributed by atoms with Crippen LogP contribution < -0.4 is 5.56 Å². The van der Waals surface area contributed by atoms with E-state index in [1.807, 2.05) is 0 Å². The van der Waals surface area contributed by atoms with Crippen LogP contribution in [0.15, 0.2) is 17.2 Å². The molecule has 0 amide bonds. The predicted molar refractivity (Wildman–Crippen MR) is 96.7 cm³/mol. The van der Waals surface area contributed by atoms with Gasteiger partial charge in [0.05, 0.1) is 17.2 Å². The fourth-order valence-electron chi connectivity index (χ4n) is 4.15. The molecule has 0 bridgehead atoms. The van der Waals surface area contributed by atoms with E-state index in [9.17, 15) is 13.2 Å². The maximum Gasteiger partial charge on any atom is 0.274 e. The van der Waals surface area contributed by atoms with Crippen LogP contribution in [0.3, 0.4) is 0 Å². The summed E-state index contributed by atoms with van der Waals surface area (Å²) in [5, 5.41) is 2.72. The molecule has 1 N–H and O–H groups in total. The Kier molecular flexibility index (Phi) is 4.36. The molecule has 2 aromatic rings. The molecule has 4 rings (SSSR count). The SMILES string of the molecule is CC(C)CN1CCN(Cc2cc(=O)n3[nH]cnc3n2)[C@@H]2CS(=O)(=O)C[C@@H]21. The Morgan fingerprint density at radius 3 is 2.65 bits per heavy atom. The summed E-state index contributed by atoms with van der Waals surface area (Å²) < 4.78 is 25.9. The Hall–Kier alpha value is -1.78. The summed E-state index contributed by atoms with van der Waals surface area (Å²) in [6.07, 6.45) is 1.43. The van der Waals surface area contributed by atoms with Gasteiger partial charge >= 0.3 is 0 Å². The first-order valence-corrected chi connectivity index (χ1v) is 10.7. The predicted octanol–water partition coefficient (Wildman–Crippen LogP) is -0.643. The summed E-state index contributed by atoms with van der Waals surface area (Å²) in [5.74, 6) is 1.22. The minimum atomic E-state index is -3.04. The first-order chi connectivity index (χ1) is 12.3.